The number of hydrogen-bond donors (Lipinski definition) is 1. The summed E-state index contributed by atoms with van der Waals surface area (Å²) in [6.07, 6.45) is 0.923. The van der Waals surface area contributed by atoms with Gasteiger partial charge in [0, 0.05) is 13.1 Å². The predicted octanol–water partition coefficient (Wildman–Crippen LogP) is 2.45. The molecule has 0 amide bonds. The first-order valence-corrected chi connectivity index (χ1v) is 7.65. The van der Waals surface area contributed by atoms with Crippen molar-refractivity contribution in [2.45, 2.75) is 32.1 Å². The zero-order valence-electron chi connectivity index (χ0n) is 11.1. The van der Waals surface area contributed by atoms with Gasteiger partial charge in [-0.1, -0.05) is 39.3 Å². The molecular weight excluding hydrogens is 250 g/mol. The van der Waals surface area contributed by atoms with Gasteiger partial charge in [-0.05, 0) is 18.1 Å². The van der Waals surface area contributed by atoms with E-state index >= 15 is 0 Å². The molecule has 1 N–H and O–H groups in total. The van der Waals surface area contributed by atoms with Crippen LogP contribution in [0.1, 0.15) is 27.2 Å². The summed E-state index contributed by atoms with van der Waals surface area (Å²) >= 11 is 0. The Morgan fingerprint density at radius 2 is 1.89 bits per heavy atom. The van der Waals surface area contributed by atoms with Gasteiger partial charge in [-0.15, -0.1) is 0 Å². The maximum absolute atomic E-state index is 12.4. The molecule has 4 nitrogen and oxygen atoms in total. The van der Waals surface area contributed by atoms with Crippen LogP contribution in [0, 0.1) is 5.92 Å². The zero-order valence-corrected chi connectivity index (χ0v) is 11.9. The number of aromatic hydroxyl groups is 1. The fourth-order valence-corrected chi connectivity index (χ4v) is 3.34. The van der Waals surface area contributed by atoms with Crippen molar-refractivity contribution in [2.75, 3.05) is 13.1 Å². The summed E-state index contributed by atoms with van der Waals surface area (Å²) in [5.41, 5.74) is 0. The number of rotatable bonds is 6. The van der Waals surface area contributed by atoms with Crippen molar-refractivity contribution in [3.05, 3.63) is 24.3 Å². The summed E-state index contributed by atoms with van der Waals surface area (Å²) in [6, 6.07) is 6.05. The van der Waals surface area contributed by atoms with Gasteiger partial charge in [0.15, 0.2) is 0 Å². The van der Waals surface area contributed by atoms with Crippen LogP contribution >= 0.6 is 0 Å². The lowest BCUT2D eigenvalue weighted by Gasteiger charge is -2.23. The monoisotopic (exact) mass is 271 g/mol. The van der Waals surface area contributed by atoms with Gasteiger partial charge in [-0.3, -0.25) is 0 Å². The van der Waals surface area contributed by atoms with Crippen molar-refractivity contribution in [1.82, 2.24) is 4.31 Å². The number of nitrogens with zero attached hydrogens (tertiary/aromatic N) is 1. The van der Waals surface area contributed by atoms with Crippen molar-refractivity contribution in [2.24, 2.45) is 5.92 Å². The molecule has 102 valence electrons. The molecule has 0 fully saturated rings. The number of sulfonamides is 1. The van der Waals surface area contributed by atoms with E-state index in [1.165, 1.54) is 16.4 Å². The SMILES string of the molecule is CCC(C)CN(CC)S(=O)(=O)c1ccccc1O. The third-order valence-corrected chi connectivity index (χ3v) is 5.04. The number of hydrogen-bond acceptors (Lipinski definition) is 3. The minimum Gasteiger partial charge on any atom is -0.507 e. The number of phenolic OH excluding ortho intramolecular Hbond substituents is 1. The normalized spacial score (nSPS) is 13.8. The van der Waals surface area contributed by atoms with Crippen molar-refractivity contribution in [3.8, 4) is 5.75 Å². The fourth-order valence-electron chi connectivity index (χ4n) is 1.69. The highest BCUT2D eigenvalue weighted by molar-refractivity contribution is 7.89. The van der Waals surface area contributed by atoms with Crippen molar-refractivity contribution < 1.29 is 13.5 Å². The van der Waals surface area contributed by atoms with Crippen LogP contribution in [-0.2, 0) is 10.0 Å². The third-order valence-electron chi connectivity index (χ3n) is 3.05. The predicted molar refractivity (Wildman–Crippen MR) is 72.0 cm³/mol. The number of benzene rings is 1. The summed E-state index contributed by atoms with van der Waals surface area (Å²) in [5, 5.41) is 9.68. The van der Waals surface area contributed by atoms with Gasteiger partial charge < -0.3 is 5.11 Å². The van der Waals surface area contributed by atoms with E-state index in [-0.39, 0.29) is 10.6 Å². The molecule has 0 aliphatic carbocycles. The number of phenols is 1. The standard InChI is InChI=1S/C13H21NO3S/c1-4-11(3)10-14(5-2)18(16,17)13-9-7-6-8-12(13)15/h6-9,11,15H,4-5,10H2,1-3H3. The molecule has 0 heterocycles. The molecule has 18 heavy (non-hydrogen) atoms. The summed E-state index contributed by atoms with van der Waals surface area (Å²) in [4.78, 5) is -0.0184. The quantitative estimate of drug-likeness (QED) is 0.864. The maximum atomic E-state index is 12.4. The molecular formula is C13H21NO3S. The van der Waals surface area contributed by atoms with Gasteiger partial charge in [0.05, 0.1) is 0 Å². The van der Waals surface area contributed by atoms with Crippen LogP contribution in [-0.4, -0.2) is 30.9 Å². The molecule has 1 rings (SSSR count). The average Bonchev–Trinajstić information content (AvgIpc) is 2.35. The van der Waals surface area contributed by atoms with Crippen LogP contribution in [0.3, 0.4) is 0 Å². The van der Waals surface area contributed by atoms with Crippen LogP contribution in [0.25, 0.3) is 0 Å². The van der Waals surface area contributed by atoms with Crippen LogP contribution in [0.15, 0.2) is 29.2 Å². The minimum absolute atomic E-state index is 0.0184. The van der Waals surface area contributed by atoms with Crippen molar-refractivity contribution in [1.29, 1.82) is 0 Å². The molecule has 0 bridgehead atoms. The molecule has 0 aliphatic heterocycles. The zero-order chi connectivity index (χ0) is 13.8. The van der Waals surface area contributed by atoms with Gasteiger partial charge >= 0.3 is 0 Å². The first-order chi connectivity index (χ1) is 8.43. The summed E-state index contributed by atoms with van der Waals surface area (Å²) in [5.74, 6) is 0.102. The van der Waals surface area contributed by atoms with Gasteiger partial charge in [-0.2, -0.15) is 4.31 Å². The van der Waals surface area contributed by atoms with E-state index in [9.17, 15) is 13.5 Å². The lowest BCUT2D eigenvalue weighted by atomic mass is 10.1. The Labute approximate surface area is 109 Å². The summed E-state index contributed by atoms with van der Waals surface area (Å²) < 4.78 is 26.2. The van der Waals surface area contributed by atoms with Crippen molar-refractivity contribution in [3.63, 3.8) is 0 Å². The highest BCUT2D eigenvalue weighted by atomic mass is 32.2. The second-order valence-electron chi connectivity index (χ2n) is 4.44. The molecule has 0 saturated carbocycles. The molecule has 0 aromatic heterocycles. The molecule has 1 aromatic carbocycles. The Kier molecular flexibility index (Phi) is 5.16. The summed E-state index contributed by atoms with van der Waals surface area (Å²) in [7, 11) is -3.60. The highest BCUT2D eigenvalue weighted by Gasteiger charge is 2.26. The second-order valence-corrected chi connectivity index (χ2v) is 6.34. The van der Waals surface area contributed by atoms with Crippen molar-refractivity contribution >= 4 is 10.0 Å². The molecule has 0 aliphatic rings. The second kappa shape index (κ2) is 6.20. The molecule has 0 radical (unpaired) electrons. The van der Waals surface area contributed by atoms with Gasteiger partial charge in [0.2, 0.25) is 10.0 Å². The molecule has 0 saturated heterocycles. The van der Waals surface area contributed by atoms with Gasteiger partial charge in [-0.25, -0.2) is 8.42 Å². The van der Waals surface area contributed by atoms with E-state index in [0.717, 1.165) is 6.42 Å². The third kappa shape index (κ3) is 3.23. The van der Waals surface area contributed by atoms with Crippen LogP contribution in [0.4, 0.5) is 0 Å². The van der Waals surface area contributed by atoms with E-state index < -0.39 is 10.0 Å². The molecule has 1 aromatic rings. The van der Waals surface area contributed by atoms with Crippen LogP contribution in [0.5, 0.6) is 5.75 Å². The first-order valence-electron chi connectivity index (χ1n) is 6.21. The molecule has 1 unspecified atom stereocenters. The van der Waals surface area contributed by atoms with E-state index in [2.05, 4.69) is 0 Å². The number of para-hydroxylation sites is 1. The Morgan fingerprint density at radius 3 is 2.39 bits per heavy atom. The van der Waals surface area contributed by atoms with E-state index in [4.69, 9.17) is 0 Å². The van der Waals surface area contributed by atoms with E-state index in [1.54, 1.807) is 19.1 Å². The Balaban J connectivity index is 3.08. The van der Waals surface area contributed by atoms with E-state index in [0.29, 0.717) is 19.0 Å². The van der Waals surface area contributed by atoms with Gasteiger partial charge in [0.25, 0.3) is 0 Å². The first kappa shape index (κ1) is 15.0. The average molecular weight is 271 g/mol. The summed E-state index contributed by atoms with van der Waals surface area (Å²) in [6.45, 7) is 6.73. The van der Waals surface area contributed by atoms with Crippen LogP contribution in [0.2, 0.25) is 0 Å². The fraction of sp³-hybridized carbons (Fsp3) is 0.538. The topological polar surface area (TPSA) is 57.6 Å². The Hall–Kier alpha value is -1.07. The highest BCUT2D eigenvalue weighted by Crippen LogP contribution is 2.25. The molecule has 5 heteroatoms. The molecule has 1 atom stereocenters. The van der Waals surface area contributed by atoms with E-state index in [1.807, 2.05) is 13.8 Å². The largest absolute Gasteiger partial charge is 0.507 e. The lowest BCUT2D eigenvalue weighted by Crippen LogP contribution is -2.34. The van der Waals surface area contributed by atoms with Gasteiger partial charge in [0.1, 0.15) is 10.6 Å². The Bertz CT molecular complexity index is 485. The lowest BCUT2D eigenvalue weighted by molar-refractivity contribution is 0.359. The smallest absolute Gasteiger partial charge is 0.246 e. The maximum Gasteiger partial charge on any atom is 0.246 e. The minimum atomic E-state index is -3.60. The van der Waals surface area contributed by atoms with Crippen LogP contribution < -0.4 is 0 Å². The Morgan fingerprint density at radius 1 is 1.28 bits per heavy atom. The molecule has 0 spiro atoms.